The van der Waals surface area contributed by atoms with E-state index in [1.165, 1.54) is 56.2 Å². The molecule has 0 radical (unpaired) electrons. The van der Waals surface area contributed by atoms with Crippen molar-refractivity contribution in [2.75, 3.05) is 31.9 Å². The molecule has 0 aromatic carbocycles. The van der Waals surface area contributed by atoms with Crippen LogP contribution in [0.2, 0.25) is 0 Å². The second kappa shape index (κ2) is 7.39. The first-order chi connectivity index (χ1) is 8.74. The van der Waals surface area contributed by atoms with Crippen LogP contribution in [0.1, 0.15) is 39.5 Å². The SMILES string of the molecule is CC(C)CC1CSC(=NCCCN2CCCC2)N1. The average Bonchev–Trinajstić information content (AvgIpc) is 2.95. The molecule has 0 aliphatic carbocycles. The van der Waals surface area contributed by atoms with Crippen molar-refractivity contribution in [1.29, 1.82) is 0 Å². The molecule has 2 aliphatic heterocycles. The standard InChI is InChI=1S/C14H27N3S/c1-12(2)10-13-11-18-14(16-13)15-6-5-9-17-7-3-4-8-17/h12-13H,3-11H2,1-2H3,(H,15,16). The molecular weight excluding hydrogens is 242 g/mol. The van der Waals surface area contributed by atoms with Gasteiger partial charge in [-0.15, -0.1) is 0 Å². The highest BCUT2D eigenvalue weighted by molar-refractivity contribution is 8.14. The molecule has 2 fully saturated rings. The topological polar surface area (TPSA) is 27.6 Å². The number of nitrogens with one attached hydrogen (secondary N) is 1. The molecule has 0 aromatic heterocycles. The summed E-state index contributed by atoms with van der Waals surface area (Å²) in [5.41, 5.74) is 0. The van der Waals surface area contributed by atoms with Gasteiger partial charge < -0.3 is 10.2 Å². The minimum atomic E-state index is 0.646. The van der Waals surface area contributed by atoms with Gasteiger partial charge in [0.2, 0.25) is 0 Å². The predicted octanol–water partition coefficient (Wildman–Crippen LogP) is 2.58. The molecule has 18 heavy (non-hydrogen) atoms. The van der Waals surface area contributed by atoms with Crippen LogP contribution in [0, 0.1) is 5.92 Å². The van der Waals surface area contributed by atoms with E-state index in [1.807, 2.05) is 11.8 Å². The van der Waals surface area contributed by atoms with Gasteiger partial charge >= 0.3 is 0 Å². The van der Waals surface area contributed by atoms with Crippen molar-refractivity contribution in [1.82, 2.24) is 10.2 Å². The van der Waals surface area contributed by atoms with Crippen molar-refractivity contribution < 1.29 is 0 Å². The van der Waals surface area contributed by atoms with Crippen molar-refractivity contribution in [3.8, 4) is 0 Å². The fraction of sp³-hybridized carbons (Fsp3) is 0.929. The van der Waals surface area contributed by atoms with Gasteiger partial charge in [-0.05, 0) is 51.2 Å². The third-order valence-electron chi connectivity index (χ3n) is 3.59. The number of hydrogen-bond acceptors (Lipinski definition) is 3. The first-order valence-electron chi connectivity index (χ1n) is 7.40. The molecule has 3 nitrogen and oxygen atoms in total. The van der Waals surface area contributed by atoms with E-state index in [1.54, 1.807) is 0 Å². The lowest BCUT2D eigenvalue weighted by molar-refractivity contribution is 0.336. The van der Waals surface area contributed by atoms with Gasteiger partial charge in [0, 0.05) is 18.3 Å². The van der Waals surface area contributed by atoms with Crippen LogP contribution in [0.3, 0.4) is 0 Å². The van der Waals surface area contributed by atoms with Gasteiger partial charge in [-0.3, -0.25) is 4.99 Å². The van der Waals surface area contributed by atoms with E-state index in [9.17, 15) is 0 Å². The van der Waals surface area contributed by atoms with Crippen molar-refractivity contribution >= 4 is 16.9 Å². The van der Waals surface area contributed by atoms with E-state index >= 15 is 0 Å². The number of amidine groups is 1. The average molecular weight is 269 g/mol. The minimum absolute atomic E-state index is 0.646. The summed E-state index contributed by atoms with van der Waals surface area (Å²) >= 11 is 1.90. The molecular formula is C14H27N3S. The van der Waals surface area contributed by atoms with Crippen LogP contribution < -0.4 is 5.32 Å². The quantitative estimate of drug-likeness (QED) is 0.751. The van der Waals surface area contributed by atoms with Gasteiger partial charge in [-0.25, -0.2) is 0 Å². The molecule has 0 aromatic rings. The summed E-state index contributed by atoms with van der Waals surface area (Å²) < 4.78 is 0. The highest BCUT2D eigenvalue weighted by Gasteiger charge is 2.20. The largest absolute Gasteiger partial charge is 0.361 e. The van der Waals surface area contributed by atoms with Crippen molar-refractivity contribution in [3.63, 3.8) is 0 Å². The lowest BCUT2D eigenvalue weighted by atomic mass is 10.1. The molecule has 1 atom stereocenters. The Bertz CT molecular complexity index is 272. The maximum absolute atomic E-state index is 4.68. The molecule has 104 valence electrons. The fourth-order valence-corrected chi connectivity index (χ4v) is 3.72. The van der Waals surface area contributed by atoms with Gasteiger partial charge in [0.25, 0.3) is 0 Å². The molecule has 2 rings (SSSR count). The summed E-state index contributed by atoms with van der Waals surface area (Å²) in [5.74, 6) is 1.97. The van der Waals surface area contributed by atoms with Gasteiger partial charge in [0.1, 0.15) is 0 Å². The van der Waals surface area contributed by atoms with Crippen LogP contribution in [0.4, 0.5) is 0 Å². The van der Waals surface area contributed by atoms with Crippen molar-refractivity contribution in [2.24, 2.45) is 10.9 Å². The molecule has 2 aliphatic rings. The number of nitrogens with zero attached hydrogens (tertiary/aromatic N) is 2. The Morgan fingerprint density at radius 1 is 1.39 bits per heavy atom. The maximum Gasteiger partial charge on any atom is 0.156 e. The van der Waals surface area contributed by atoms with E-state index in [-0.39, 0.29) is 0 Å². The summed E-state index contributed by atoms with van der Waals surface area (Å²) in [6.45, 7) is 9.41. The van der Waals surface area contributed by atoms with Crippen molar-refractivity contribution in [2.45, 2.75) is 45.6 Å². The van der Waals surface area contributed by atoms with Crippen LogP contribution in [0.5, 0.6) is 0 Å². The Balaban J connectivity index is 1.58. The van der Waals surface area contributed by atoms with Gasteiger partial charge in [-0.2, -0.15) is 0 Å². The summed E-state index contributed by atoms with van der Waals surface area (Å²) in [6.07, 6.45) is 5.26. The minimum Gasteiger partial charge on any atom is -0.361 e. The Kier molecular flexibility index (Phi) is 5.83. The summed E-state index contributed by atoms with van der Waals surface area (Å²) in [6, 6.07) is 0.646. The number of rotatable bonds is 6. The van der Waals surface area contributed by atoms with E-state index in [4.69, 9.17) is 0 Å². The molecule has 2 saturated heterocycles. The third kappa shape index (κ3) is 4.81. The molecule has 0 saturated carbocycles. The molecule has 1 unspecified atom stereocenters. The first-order valence-corrected chi connectivity index (χ1v) is 8.39. The van der Waals surface area contributed by atoms with Crippen LogP contribution in [-0.4, -0.2) is 48.0 Å². The zero-order valence-electron chi connectivity index (χ0n) is 11.8. The van der Waals surface area contributed by atoms with Gasteiger partial charge in [0.15, 0.2) is 5.17 Å². The molecule has 0 bridgehead atoms. The molecule has 1 N–H and O–H groups in total. The highest BCUT2D eigenvalue weighted by atomic mass is 32.2. The van der Waals surface area contributed by atoms with Crippen LogP contribution in [-0.2, 0) is 0 Å². The zero-order chi connectivity index (χ0) is 12.8. The fourth-order valence-electron chi connectivity index (χ4n) is 2.71. The number of hydrogen-bond donors (Lipinski definition) is 1. The molecule has 0 spiro atoms. The summed E-state index contributed by atoms with van der Waals surface area (Å²) in [5, 5.41) is 4.73. The van der Waals surface area contributed by atoms with Gasteiger partial charge in [-0.1, -0.05) is 25.6 Å². The summed E-state index contributed by atoms with van der Waals surface area (Å²) in [7, 11) is 0. The van der Waals surface area contributed by atoms with Crippen LogP contribution in [0.15, 0.2) is 4.99 Å². The van der Waals surface area contributed by atoms with E-state index in [0.717, 1.165) is 12.5 Å². The zero-order valence-corrected chi connectivity index (χ0v) is 12.6. The highest BCUT2D eigenvalue weighted by Crippen LogP contribution is 2.19. The number of likely N-dealkylation sites (tertiary alicyclic amines) is 1. The lowest BCUT2D eigenvalue weighted by Gasteiger charge is -2.13. The molecule has 4 heteroatoms. The van der Waals surface area contributed by atoms with Gasteiger partial charge in [0.05, 0.1) is 0 Å². The smallest absolute Gasteiger partial charge is 0.156 e. The number of aliphatic imine (C=N–C) groups is 1. The van der Waals surface area contributed by atoms with Crippen LogP contribution in [0.25, 0.3) is 0 Å². The Morgan fingerprint density at radius 2 is 2.17 bits per heavy atom. The molecule has 0 amide bonds. The maximum atomic E-state index is 4.68. The van der Waals surface area contributed by atoms with E-state index in [0.29, 0.717) is 6.04 Å². The Morgan fingerprint density at radius 3 is 2.89 bits per heavy atom. The normalized spacial score (nSPS) is 27.3. The van der Waals surface area contributed by atoms with E-state index in [2.05, 4.69) is 29.1 Å². The molecule has 2 heterocycles. The third-order valence-corrected chi connectivity index (χ3v) is 4.68. The van der Waals surface area contributed by atoms with E-state index < -0.39 is 0 Å². The number of thioether (sulfide) groups is 1. The second-order valence-corrected chi connectivity index (χ2v) is 6.88. The predicted molar refractivity (Wildman–Crippen MR) is 81.4 cm³/mol. The summed E-state index contributed by atoms with van der Waals surface area (Å²) in [4.78, 5) is 7.25. The van der Waals surface area contributed by atoms with Crippen LogP contribution >= 0.6 is 11.8 Å². The Hall–Kier alpha value is -0.220. The Labute approximate surface area is 116 Å². The lowest BCUT2D eigenvalue weighted by Crippen LogP contribution is -2.28. The monoisotopic (exact) mass is 269 g/mol. The second-order valence-electron chi connectivity index (χ2n) is 5.87. The first kappa shape index (κ1) is 14.2. The van der Waals surface area contributed by atoms with Crippen molar-refractivity contribution in [3.05, 3.63) is 0 Å².